The Morgan fingerprint density at radius 3 is 2.82 bits per heavy atom. The molecule has 1 aromatic rings. The van der Waals surface area contributed by atoms with E-state index in [4.69, 9.17) is 5.73 Å². The van der Waals surface area contributed by atoms with Crippen LogP contribution in [0.1, 0.15) is 18.9 Å². The minimum atomic E-state index is 0.844. The quantitative estimate of drug-likeness (QED) is 0.752. The van der Waals surface area contributed by atoms with E-state index in [0.29, 0.717) is 0 Å². The maximum Gasteiger partial charge on any atom is 0.0317 e. The summed E-state index contributed by atoms with van der Waals surface area (Å²) in [5.74, 6) is 0. The molecule has 0 aliphatic rings. The standard InChI is InChI=1S/C9H12BrN/c1-2-3-7-6-8(11)4-5-9(7)10/h4-6H,2-3,11H2,1H3. The molecule has 0 saturated carbocycles. The van der Waals surface area contributed by atoms with E-state index in [-0.39, 0.29) is 0 Å². The highest BCUT2D eigenvalue weighted by molar-refractivity contribution is 9.10. The highest BCUT2D eigenvalue weighted by atomic mass is 79.9. The first kappa shape index (κ1) is 8.60. The lowest BCUT2D eigenvalue weighted by molar-refractivity contribution is 0.917. The van der Waals surface area contributed by atoms with Gasteiger partial charge in [-0.15, -0.1) is 0 Å². The van der Waals surface area contributed by atoms with Crippen molar-refractivity contribution in [2.24, 2.45) is 0 Å². The molecule has 0 atom stereocenters. The van der Waals surface area contributed by atoms with Gasteiger partial charge >= 0.3 is 0 Å². The third-order valence-electron chi connectivity index (χ3n) is 1.59. The van der Waals surface area contributed by atoms with E-state index < -0.39 is 0 Å². The van der Waals surface area contributed by atoms with Crippen LogP contribution in [0.2, 0.25) is 0 Å². The third-order valence-corrected chi connectivity index (χ3v) is 2.36. The zero-order chi connectivity index (χ0) is 8.27. The van der Waals surface area contributed by atoms with Gasteiger partial charge in [0.15, 0.2) is 0 Å². The second-order valence-electron chi connectivity index (χ2n) is 2.60. The molecule has 1 rings (SSSR count). The average molecular weight is 214 g/mol. The number of nitrogens with two attached hydrogens (primary N) is 1. The van der Waals surface area contributed by atoms with Gasteiger partial charge in [-0.3, -0.25) is 0 Å². The van der Waals surface area contributed by atoms with E-state index in [9.17, 15) is 0 Å². The van der Waals surface area contributed by atoms with Crippen LogP contribution in [0.4, 0.5) is 5.69 Å². The fourth-order valence-electron chi connectivity index (χ4n) is 1.06. The summed E-state index contributed by atoms with van der Waals surface area (Å²) in [6.45, 7) is 2.16. The monoisotopic (exact) mass is 213 g/mol. The molecule has 2 heteroatoms. The van der Waals surface area contributed by atoms with Crippen LogP contribution < -0.4 is 5.73 Å². The topological polar surface area (TPSA) is 26.0 Å². The van der Waals surface area contributed by atoms with E-state index in [2.05, 4.69) is 22.9 Å². The molecule has 0 fully saturated rings. The Kier molecular flexibility index (Phi) is 2.94. The lowest BCUT2D eigenvalue weighted by Gasteiger charge is -2.02. The zero-order valence-corrected chi connectivity index (χ0v) is 8.19. The Labute approximate surface area is 75.7 Å². The molecule has 0 aliphatic carbocycles. The van der Waals surface area contributed by atoms with E-state index in [1.165, 1.54) is 5.56 Å². The van der Waals surface area contributed by atoms with Gasteiger partial charge in [0.2, 0.25) is 0 Å². The van der Waals surface area contributed by atoms with Crippen LogP contribution in [-0.4, -0.2) is 0 Å². The summed E-state index contributed by atoms with van der Waals surface area (Å²) < 4.78 is 1.16. The molecule has 0 bridgehead atoms. The number of nitrogen functional groups attached to an aromatic ring is 1. The lowest BCUT2D eigenvalue weighted by Crippen LogP contribution is -1.89. The highest BCUT2D eigenvalue weighted by Gasteiger charge is 1.97. The summed E-state index contributed by atoms with van der Waals surface area (Å²) in [5, 5.41) is 0. The summed E-state index contributed by atoms with van der Waals surface area (Å²) in [5.41, 5.74) is 7.78. The maximum absolute atomic E-state index is 5.64. The first-order valence-corrected chi connectivity index (χ1v) is 4.57. The molecule has 1 nitrogen and oxygen atoms in total. The minimum absolute atomic E-state index is 0.844. The number of aryl methyl sites for hydroxylation is 1. The first-order valence-electron chi connectivity index (χ1n) is 3.78. The van der Waals surface area contributed by atoms with Crippen molar-refractivity contribution in [2.45, 2.75) is 19.8 Å². The van der Waals surface area contributed by atoms with Crippen LogP contribution >= 0.6 is 15.9 Å². The van der Waals surface area contributed by atoms with Gasteiger partial charge in [0, 0.05) is 10.2 Å². The lowest BCUT2D eigenvalue weighted by atomic mass is 10.1. The van der Waals surface area contributed by atoms with E-state index >= 15 is 0 Å². The van der Waals surface area contributed by atoms with Crippen molar-refractivity contribution >= 4 is 21.6 Å². The fourth-order valence-corrected chi connectivity index (χ4v) is 1.50. The van der Waals surface area contributed by atoms with Gasteiger partial charge in [0.1, 0.15) is 0 Å². The Bertz CT molecular complexity index is 245. The molecule has 60 valence electrons. The van der Waals surface area contributed by atoms with Gasteiger partial charge in [-0.25, -0.2) is 0 Å². The van der Waals surface area contributed by atoms with E-state index in [0.717, 1.165) is 23.0 Å². The molecule has 0 aliphatic heterocycles. The van der Waals surface area contributed by atoms with Crippen LogP contribution in [0.5, 0.6) is 0 Å². The molecule has 0 unspecified atom stereocenters. The normalized spacial score (nSPS) is 10.0. The van der Waals surface area contributed by atoms with E-state index in [1.54, 1.807) is 0 Å². The number of halogens is 1. The summed E-state index contributed by atoms with van der Waals surface area (Å²) in [7, 11) is 0. The molecule has 0 saturated heterocycles. The Hall–Kier alpha value is -0.500. The molecule has 2 N–H and O–H groups in total. The van der Waals surface area contributed by atoms with E-state index in [1.807, 2.05) is 18.2 Å². The molecule has 1 aromatic carbocycles. The number of rotatable bonds is 2. The van der Waals surface area contributed by atoms with Crippen LogP contribution in [0.15, 0.2) is 22.7 Å². The van der Waals surface area contributed by atoms with Crippen LogP contribution in [0.25, 0.3) is 0 Å². The van der Waals surface area contributed by atoms with Crippen LogP contribution in [-0.2, 0) is 6.42 Å². The second kappa shape index (κ2) is 3.77. The van der Waals surface area contributed by atoms with Gasteiger partial charge in [-0.2, -0.15) is 0 Å². The minimum Gasteiger partial charge on any atom is -0.399 e. The number of anilines is 1. The third kappa shape index (κ3) is 2.22. The summed E-state index contributed by atoms with van der Waals surface area (Å²) >= 11 is 3.48. The summed E-state index contributed by atoms with van der Waals surface area (Å²) in [4.78, 5) is 0. The first-order chi connectivity index (χ1) is 5.24. The highest BCUT2D eigenvalue weighted by Crippen LogP contribution is 2.20. The van der Waals surface area contributed by atoms with Gasteiger partial charge in [-0.1, -0.05) is 29.3 Å². The Morgan fingerprint density at radius 2 is 2.18 bits per heavy atom. The second-order valence-corrected chi connectivity index (χ2v) is 3.46. The maximum atomic E-state index is 5.64. The number of hydrogen-bond donors (Lipinski definition) is 1. The van der Waals surface area contributed by atoms with Crippen molar-refractivity contribution < 1.29 is 0 Å². The number of hydrogen-bond acceptors (Lipinski definition) is 1. The van der Waals surface area contributed by atoms with Crippen molar-refractivity contribution in [1.82, 2.24) is 0 Å². The van der Waals surface area contributed by atoms with Crippen LogP contribution in [0.3, 0.4) is 0 Å². The molecular formula is C9H12BrN. The molecule has 0 heterocycles. The Morgan fingerprint density at radius 1 is 1.45 bits per heavy atom. The smallest absolute Gasteiger partial charge is 0.0317 e. The van der Waals surface area contributed by atoms with Gasteiger partial charge < -0.3 is 5.73 Å². The molecule has 0 aromatic heterocycles. The predicted octanol–water partition coefficient (Wildman–Crippen LogP) is 2.98. The summed E-state index contributed by atoms with van der Waals surface area (Å²) in [6, 6.07) is 5.93. The molecule has 0 spiro atoms. The molecule has 0 amide bonds. The Balaban J connectivity index is 2.93. The fraction of sp³-hybridized carbons (Fsp3) is 0.333. The van der Waals surface area contributed by atoms with Crippen molar-refractivity contribution in [3.8, 4) is 0 Å². The SMILES string of the molecule is CCCc1cc(N)ccc1Br. The summed E-state index contributed by atoms with van der Waals surface area (Å²) in [6.07, 6.45) is 2.24. The molecule has 0 radical (unpaired) electrons. The van der Waals surface area contributed by atoms with Crippen LogP contribution in [0, 0.1) is 0 Å². The predicted molar refractivity (Wildman–Crippen MR) is 52.5 cm³/mol. The van der Waals surface area contributed by atoms with Crippen molar-refractivity contribution in [1.29, 1.82) is 0 Å². The van der Waals surface area contributed by atoms with Gasteiger partial charge in [-0.05, 0) is 30.2 Å². The van der Waals surface area contributed by atoms with Crippen molar-refractivity contribution in [3.05, 3.63) is 28.2 Å². The van der Waals surface area contributed by atoms with Gasteiger partial charge in [0.25, 0.3) is 0 Å². The number of benzene rings is 1. The molecule has 11 heavy (non-hydrogen) atoms. The average Bonchev–Trinajstić information content (AvgIpc) is 1.98. The molecular weight excluding hydrogens is 202 g/mol. The largest absolute Gasteiger partial charge is 0.399 e. The van der Waals surface area contributed by atoms with Crippen molar-refractivity contribution in [3.63, 3.8) is 0 Å². The van der Waals surface area contributed by atoms with Crippen molar-refractivity contribution in [2.75, 3.05) is 5.73 Å². The van der Waals surface area contributed by atoms with Gasteiger partial charge in [0.05, 0.1) is 0 Å². The zero-order valence-electron chi connectivity index (χ0n) is 6.60.